The molecule has 0 aliphatic carbocycles. The van der Waals surface area contributed by atoms with E-state index < -0.39 is 12.7 Å². The van der Waals surface area contributed by atoms with Crippen molar-refractivity contribution in [1.82, 2.24) is 14.8 Å². The smallest absolute Gasteiger partial charge is 0.307 e. The van der Waals surface area contributed by atoms with E-state index in [1.54, 1.807) is 0 Å². The normalized spacial score (nSPS) is 12.0. The zero-order valence-electron chi connectivity index (χ0n) is 5.85. The molecule has 1 aromatic rings. The number of aromatic nitrogens is 3. The third-order valence-corrected chi connectivity index (χ3v) is 1.40. The van der Waals surface area contributed by atoms with Crippen LogP contribution in [0, 0.1) is 0 Å². The molecular formula is C5H5ClF3N3. The Balaban J connectivity index is 2.75. The maximum absolute atomic E-state index is 11.8. The highest BCUT2D eigenvalue weighted by Gasteiger charge is 2.28. The fourth-order valence-corrected chi connectivity index (χ4v) is 0.915. The average Bonchev–Trinajstić information content (AvgIpc) is 2.31. The van der Waals surface area contributed by atoms with Gasteiger partial charge in [-0.2, -0.15) is 13.2 Å². The zero-order valence-corrected chi connectivity index (χ0v) is 6.60. The number of halogens is 4. The van der Waals surface area contributed by atoms with E-state index in [0.717, 1.165) is 10.9 Å². The van der Waals surface area contributed by atoms with E-state index in [1.165, 1.54) is 0 Å². The number of hydrogen-bond donors (Lipinski definition) is 0. The van der Waals surface area contributed by atoms with Gasteiger partial charge in [0.1, 0.15) is 18.7 Å². The molecule has 0 aliphatic heterocycles. The molecule has 0 aliphatic rings. The monoisotopic (exact) mass is 199 g/mol. The first-order valence-electron chi connectivity index (χ1n) is 3.02. The van der Waals surface area contributed by atoms with E-state index >= 15 is 0 Å². The van der Waals surface area contributed by atoms with Crippen LogP contribution < -0.4 is 0 Å². The minimum atomic E-state index is -4.26. The molecule has 0 radical (unpaired) electrons. The molecule has 0 saturated carbocycles. The molecule has 0 amide bonds. The van der Waals surface area contributed by atoms with Crippen LogP contribution in [0.5, 0.6) is 0 Å². The van der Waals surface area contributed by atoms with E-state index in [9.17, 15) is 13.2 Å². The van der Waals surface area contributed by atoms with Gasteiger partial charge in [-0.05, 0) is 0 Å². The van der Waals surface area contributed by atoms with Crippen molar-refractivity contribution in [3.8, 4) is 0 Å². The Morgan fingerprint density at radius 3 is 2.67 bits per heavy atom. The molecule has 0 aromatic carbocycles. The van der Waals surface area contributed by atoms with E-state index in [2.05, 4.69) is 10.2 Å². The summed E-state index contributed by atoms with van der Waals surface area (Å²) in [6, 6.07) is 0. The molecule has 0 atom stereocenters. The van der Waals surface area contributed by atoms with E-state index in [-0.39, 0.29) is 11.7 Å². The van der Waals surface area contributed by atoms with Gasteiger partial charge in [0.05, 0.1) is 5.88 Å². The summed E-state index contributed by atoms with van der Waals surface area (Å²) < 4.78 is 36.3. The Kier molecular flexibility index (Phi) is 2.56. The summed E-state index contributed by atoms with van der Waals surface area (Å²) in [5.74, 6) is 0.0461. The van der Waals surface area contributed by atoms with Gasteiger partial charge in [0.2, 0.25) is 0 Å². The number of rotatable bonds is 2. The highest BCUT2D eigenvalue weighted by Crippen LogP contribution is 2.18. The fourth-order valence-electron chi connectivity index (χ4n) is 0.708. The van der Waals surface area contributed by atoms with Gasteiger partial charge >= 0.3 is 6.18 Å². The minimum Gasteiger partial charge on any atom is -0.307 e. The van der Waals surface area contributed by atoms with E-state index in [0.29, 0.717) is 0 Å². The summed E-state index contributed by atoms with van der Waals surface area (Å²) >= 11 is 5.31. The molecule has 0 fully saturated rings. The second kappa shape index (κ2) is 3.30. The SMILES string of the molecule is FC(F)(F)Cn1cnnc1CCl. The molecule has 3 nitrogen and oxygen atoms in total. The third kappa shape index (κ3) is 2.37. The molecule has 0 spiro atoms. The van der Waals surface area contributed by atoms with Crippen molar-refractivity contribution in [1.29, 1.82) is 0 Å². The van der Waals surface area contributed by atoms with Gasteiger partial charge in [0.15, 0.2) is 0 Å². The molecule has 1 rings (SSSR count). The lowest BCUT2D eigenvalue weighted by atomic mass is 10.6. The van der Waals surface area contributed by atoms with Crippen LogP contribution in [0.15, 0.2) is 6.33 Å². The van der Waals surface area contributed by atoms with Gasteiger partial charge < -0.3 is 4.57 Å². The number of alkyl halides is 4. The molecule has 7 heteroatoms. The van der Waals surface area contributed by atoms with Gasteiger partial charge in [-0.3, -0.25) is 0 Å². The second-order valence-corrected chi connectivity index (χ2v) is 2.39. The van der Waals surface area contributed by atoms with Crippen LogP contribution in [0.1, 0.15) is 5.82 Å². The Hall–Kier alpha value is -0.780. The first kappa shape index (κ1) is 9.31. The first-order chi connectivity index (χ1) is 5.53. The van der Waals surface area contributed by atoms with Gasteiger partial charge in [0.25, 0.3) is 0 Å². The average molecular weight is 200 g/mol. The topological polar surface area (TPSA) is 30.7 Å². The van der Waals surface area contributed by atoms with E-state index in [1.807, 2.05) is 0 Å². The summed E-state index contributed by atoms with van der Waals surface area (Å²) in [5.41, 5.74) is 0. The van der Waals surface area contributed by atoms with Crippen LogP contribution in [0.2, 0.25) is 0 Å². The van der Waals surface area contributed by atoms with Crippen LogP contribution in [0.4, 0.5) is 13.2 Å². The minimum absolute atomic E-state index is 0.0733. The van der Waals surface area contributed by atoms with Crippen molar-refractivity contribution in [3.05, 3.63) is 12.2 Å². The lowest BCUT2D eigenvalue weighted by Crippen LogP contribution is -2.18. The molecule has 0 bridgehead atoms. The quantitative estimate of drug-likeness (QED) is 0.677. The summed E-state index contributed by atoms with van der Waals surface area (Å²) in [4.78, 5) is 0. The van der Waals surface area contributed by atoms with Gasteiger partial charge in [-0.1, -0.05) is 0 Å². The van der Waals surface area contributed by atoms with Crippen molar-refractivity contribution in [2.75, 3.05) is 0 Å². The van der Waals surface area contributed by atoms with Crippen molar-refractivity contribution in [3.63, 3.8) is 0 Å². The summed E-state index contributed by atoms with van der Waals surface area (Å²) in [7, 11) is 0. The number of hydrogen-bond acceptors (Lipinski definition) is 2. The lowest BCUT2D eigenvalue weighted by molar-refractivity contribution is -0.141. The van der Waals surface area contributed by atoms with Crippen molar-refractivity contribution >= 4 is 11.6 Å². The zero-order chi connectivity index (χ0) is 9.19. The summed E-state index contributed by atoms with van der Waals surface area (Å²) in [6.07, 6.45) is -3.26. The highest BCUT2D eigenvalue weighted by molar-refractivity contribution is 6.16. The molecule has 1 aromatic heterocycles. The van der Waals surface area contributed by atoms with Crippen LogP contribution >= 0.6 is 11.6 Å². The Morgan fingerprint density at radius 1 is 1.50 bits per heavy atom. The van der Waals surface area contributed by atoms with Gasteiger partial charge in [-0.25, -0.2) is 0 Å². The molecule has 0 unspecified atom stereocenters. The second-order valence-electron chi connectivity index (χ2n) is 2.12. The predicted molar refractivity (Wildman–Crippen MR) is 35.6 cm³/mol. The van der Waals surface area contributed by atoms with Crippen molar-refractivity contribution in [2.45, 2.75) is 18.6 Å². The Bertz CT molecular complexity index is 257. The molecule has 68 valence electrons. The number of nitrogens with zero attached hydrogens (tertiary/aromatic N) is 3. The van der Waals surface area contributed by atoms with Crippen LogP contribution in [-0.4, -0.2) is 20.9 Å². The Labute approximate surface area is 71.2 Å². The third-order valence-electron chi connectivity index (χ3n) is 1.16. The van der Waals surface area contributed by atoms with Crippen molar-refractivity contribution in [2.24, 2.45) is 0 Å². The van der Waals surface area contributed by atoms with Crippen molar-refractivity contribution < 1.29 is 13.2 Å². The Morgan fingerprint density at radius 2 is 2.17 bits per heavy atom. The standard InChI is InChI=1S/C5H5ClF3N3/c6-1-4-11-10-3-12(4)2-5(7,8)9/h3H,1-2H2. The van der Waals surface area contributed by atoms with Gasteiger partial charge in [0, 0.05) is 0 Å². The summed E-state index contributed by atoms with van der Waals surface area (Å²) in [5, 5.41) is 6.71. The molecule has 0 N–H and O–H groups in total. The molecular weight excluding hydrogens is 195 g/mol. The molecule has 0 saturated heterocycles. The molecule has 1 heterocycles. The molecule has 12 heavy (non-hydrogen) atoms. The highest BCUT2D eigenvalue weighted by atomic mass is 35.5. The largest absolute Gasteiger partial charge is 0.406 e. The lowest BCUT2D eigenvalue weighted by Gasteiger charge is -2.07. The predicted octanol–water partition coefficient (Wildman–Crippen LogP) is 1.58. The van der Waals surface area contributed by atoms with Gasteiger partial charge in [-0.15, -0.1) is 21.8 Å². The van der Waals surface area contributed by atoms with Crippen LogP contribution in [0.25, 0.3) is 0 Å². The summed E-state index contributed by atoms with van der Waals surface area (Å²) in [6.45, 7) is -1.10. The van der Waals surface area contributed by atoms with E-state index in [4.69, 9.17) is 11.6 Å². The maximum atomic E-state index is 11.8. The van der Waals surface area contributed by atoms with Crippen LogP contribution in [0.3, 0.4) is 0 Å². The fraction of sp³-hybridized carbons (Fsp3) is 0.600. The first-order valence-corrected chi connectivity index (χ1v) is 3.56. The maximum Gasteiger partial charge on any atom is 0.406 e. The van der Waals surface area contributed by atoms with Crippen LogP contribution in [-0.2, 0) is 12.4 Å².